The third-order valence-corrected chi connectivity index (χ3v) is 6.64. The van der Waals surface area contributed by atoms with Gasteiger partial charge in [0.15, 0.2) is 11.5 Å². The summed E-state index contributed by atoms with van der Waals surface area (Å²) in [6.45, 7) is 4.83. The van der Waals surface area contributed by atoms with Gasteiger partial charge in [0.1, 0.15) is 12.3 Å². The van der Waals surface area contributed by atoms with Crippen molar-refractivity contribution in [3.63, 3.8) is 0 Å². The van der Waals surface area contributed by atoms with E-state index in [1.165, 1.54) is 5.56 Å². The molecule has 0 N–H and O–H groups in total. The van der Waals surface area contributed by atoms with Crippen LogP contribution in [0.25, 0.3) is 0 Å². The maximum atomic E-state index is 13.6. The number of ether oxygens (including phenoxy) is 2. The highest BCUT2D eigenvalue weighted by molar-refractivity contribution is 5.88. The van der Waals surface area contributed by atoms with Crippen LogP contribution < -0.4 is 9.47 Å². The number of benzene rings is 2. The van der Waals surface area contributed by atoms with Crippen molar-refractivity contribution in [2.45, 2.75) is 45.3 Å². The second kappa shape index (κ2) is 9.86. The standard InChI is InChI=1S/C28H30N2O5/c1-19(2)30(28(32)24-14-23(24)21-7-4-3-5-8-21)17-27(31)29(16-22-9-6-12-33-22)15-20-10-11-25-26(13-20)35-18-34-25/h3-13,19,23-24H,14-18H2,1-2H3/t23-,24?/m0/s1. The molecule has 1 aliphatic carbocycles. The average molecular weight is 475 g/mol. The first-order valence-electron chi connectivity index (χ1n) is 12.0. The third kappa shape index (κ3) is 5.19. The first-order chi connectivity index (χ1) is 17.0. The predicted octanol–water partition coefficient (Wildman–Crippen LogP) is 4.58. The Balaban J connectivity index is 1.30. The number of carbonyl (C=O) groups excluding carboxylic acids is 2. The lowest BCUT2D eigenvalue weighted by molar-refractivity contribution is -0.143. The summed E-state index contributed by atoms with van der Waals surface area (Å²) >= 11 is 0. The Morgan fingerprint density at radius 3 is 2.51 bits per heavy atom. The maximum Gasteiger partial charge on any atom is 0.242 e. The number of nitrogens with zero attached hydrogens (tertiary/aromatic N) is 2. The van der Waals surface area contributed by atoms with Gasteiger partial charge in [-0.15, -0.1) is 0 Å². The third-order valence-electron chi connectivity index (χ3n) is 6.64. The maximum absolute atomic E-state index is 13.6. The Morgan fingerprint density at radius 1 is 0.971 bits per heavy atom. The average Bonchev–Trinajstić information content (AvgIpc) is 3.23. The van der Waals surface area contributed by atoms with Crippen LogP contribution in [0.3, 0.4) is 0 Å². The molecule has 1 unspecified atom stereocenters. The van der Waals surface area contributed by atoms with Crippen LogP contribution in [0.4, 0.5) is 0 Å². The molecule has 5 rings (SSSR count). The number of hydrogen-bond acceptors (Lipinski definition) is 5. The number of amides is 2. The smallest absolute Gasteiger partial charge is 0.242 e. The summed E-state index contributed by atoms with van der Waals surface area (Å²) in [5.41, 5.74) is 2.10. The fourth-order valence-corrected chi connectivity index (χ4v) is 4.59. The monoisotopic (exact) mass is 474 g/mol. The largest absolute Gasteiger partial charge is 0.467 e. The summed E-state index contributed by atoms with van der Waals surface area (Å²) in [5, 5.41) is 0. The van der Waals surface area contributed by atoms with Crippen LogP contribution in [-0.4, -0.2) is 41.0 Å². The lowest BCUT2D eigenvalue weighted by Crippen LogP contribution is -2.46. The van der Waals surface area contributed by atoms with E-state index in [-0.39, 0.29) is 43.0 Å². The predicted molar refractivity (Wildman–Crippen MR) is 130 cm³/mol. The summed E-state index contributed by atoms with van der Waals surface area (Å²) < 4.78 is 16.4. The number of furan rings is 1. The lowest BCUT2D eigenvalue weighted by atomic mass is 10.1. The van der Waals surface area contributed by atoms with Gasteiger partial charge in [-0.3, -0.25) is 9.59 Å². The molecule has 0 radical (unpaired) electrons. The van der Waals surface area contributed by atoms with E-state index in [0.717, 1.165) is 12.0 Å². The van der Waals surface area contributed by atoms with Crippen molar-refractivity contribution in [3.8, 4) is 11.5 Å². The number of fused-ring (bicyclic) bond motifs is 1. The fraction of sp³-hybridized carbons (Fsp3) is 0.357. The second-order valence-electron chi connectivity index (χ2n) is 9.44. The van der Waals surface area contributed by atoms with Gasteiger partial charge in [-0.05, 0) is 61.6 Å². The van der Waals surface area contributed by atoms with Crippen LogP contribution >= 0.6 is 0 Å². The minimum absolute atomic E-state index is 0.0275. The van der Waals surface area contributed by atoms with Crippen molar-refractivity contribution < 1.29 is 23.5 Å². The summed E-state index contributed by atoms with van der Waals surface area (Å²) in [7, 11) is 0. The minimum atomic E-state index is -0.127. The van der Waals surface area contributed by atoms with Crippen molar-refractivity contribution in [1.29, 1.82) is 0 Å². The molecule has 1 saturated carbocycles. The van der Waals surface area contributed by atoms with E-state index in [4.69, 9.17) is 13.9 Å². The first kappa shape index (κ1) is 23.0. The van der Waals surface area contributed by atoms with Gasteiger partial charge >= 0.3 is 0 Å². The molecule has 1 aromatic heterocycles. The van der Waals surface area contributed by atoms with Crippen molar-refractivity contribution in [2.75, 3.05) is 13.3 Å². The molecule has 0 spiro atoms. The van der Waals surface area contributed by atoms with E-state index in [9.17, 15) is 9.59 Å². The molecule has 1 fully saturated rings. The van der Waals surface area contributed by atoms with E-state index in [2.05, 4.69) is 12.1 Å². The molecular weight excluding hydrogens is 444 g/mol. The molecule has 3 aromatic rings. The van der Waals surface area contributed by atoms with Gasteiger partial charge in [-0.1, -0.05) is 36.4 Å². The fourth-order valence-electron chi connectivity index (χ4n) is 4.59. The number of rotatable bonds is 9. The molecule has 2 aromatic carbocycles. The Morgan fingerprint density at radius 2 is 1.77 bits per heavy atom. The molecule has 0 saturated heterocycles. The normalized spacial score (nSPS) is 17.9. The highest BCUT2D eigenvalue weighted by Gasteiger charge is 2.46. The van der Waals surface area contributed by atoms with E-state index in [1.54, 1.807) is 22.1 Å². The van der Waals surface area contributed by atoms with E-state index >= 15 is 0 Å². The summed E-state index contributed by atoms with van der Waals surface area (Å²) in [5.74, 6) is 2.14. The van der Waals surface area contributed by atoms with Gasteiger partial charge < -0.3 is 23.7 Å². The van der Waals surface area contributed by atoms with E-state index in [0.29, 0.717) is 30.3 Å². The second-order valence-corrected chi connectivity index (χ2v) is 9.44. The molecule has 35 heavy (non-hydrogen) atoms. The zero-order chi connectivity index (χ0) is 24.4. The first-order valence-corrected chi connectivity index (χ1v) is 12.0. The summed E-state index contributed by atoms with van der Waals surface area (Å²) in [6.07, 6.45) is 2.42. The van der Waals surface area contributed by atoms with Crippen LogP contribution in [0.15, 0.2) is 71.3 Å². The van der Waals surface area contributed by atoms with Crippen LogP contribution in [0.2, 0.25) is 0 Å². The molecule has 2 heterocycles. The van der Waals surface area contributed by atoms with Crippen molar-refractivity contribution in [2.24, 2.45) is 5.92 Å². The molecular formula is C28H30N2O5. The Kier molecular flexibility index (Phi) is 6.49. The Labute approximate surface area is 205 Å². The molecule has 7 heteroatoms. The number of carbonyl (C=O) groups is 2. The Hall–Kier alpha value is -3.74. The highest BCUT2D eigenvalue weighted by atomic mass is 16.7. The van der Waals surface area contributed by atoms with Crippen molar-refractivity contribution in [3.05, 3.63) is 83.8 Å². The van der Waals surface area contributed by atoms with Gasteiger partial charge in [-0.2, -0.15) is 0 Å². The van der Waals surface area contributed by atoms with Gasteiger partial charge in [0.25, 0.3) is 0 Å². The van der Waals surface area contributed by atoms with Crippen molar-refractivity contribution in [1.82, 2.24) is 9.80 Å². The van der Waals surface area contributed by atoms with Crippen LogP contribution in [-0.2, 0) is 22.7 Å². The van der Waals surface area contributed by atoms with Gasteiger partial charge in [0.05, 0.1) is 12.8 Å². The SMILES string of the molecule is CC(C)N(CC(=O)N(Cc1ccc2c(c1)OCO2)Cc1ccco1)C(=O)C1C[C@H]1c1ccccc1. The van der Waals surface area contributed by atoms with Crippen LogP contribution in [0.5, 0.6) is 11.5 Å². The molecule has 1 aliphatic heterocycles. The molecule has 0 bridgehead atoms. The summed E-state index contributed by atoms with van der Waals surface area (Å²) in [4.78, 5) is 30.4. The molecule has 2 amide bonds. The summed E-state index contributed by atoms with van der Waals surface area (Å²) in [6, 6.07) is 19.4. The zero-order valence-corrected chi connectivity index (χ0v) is 20.1. The number of hydrogen-bond donors (Lipinski definition) is 0. The quantitative estimate of drug-likeness (QED) is 0.454. The minimum Gasteiger partial charge on any atom is -0.467 e. The van der Waals surface area contributed by atoms with Crippen molar-refractivity contribution >= 4 is 11.8 Å². The molecule has 182 valence electrons. The molecule has 2 atom stereocenters. The van der Waals surface area contributed by atoms with Gasteiger partial charge in [0, 0.05) is 18.5 Å². The van der Waals surface area contributed by atoms with E-state index < -0.39 is 0 Å². The van der Waals surface area contributed by atoms with Crippen LogP contribution in [0.1, 0.15) is 43.1 Å². The topological polar surface area (TPSA) is 72.2 Å². The van der Waals surface area contributed by atoms with E-state index in [1.807, 2.05) is 56.3 Å². The zero-order valence-electron chi connectivity index (χ0n) is 20.1. The molecule has 7 nitrogen and oxygen atoms in total. The Bertz CT molecular complexity index is 1180. The van der Waals surface area contributed by atoms with Crippen LogP contribution in [0, 0.1) is 5.92 Å². The lowest BCUT2D eigenvalue weighted by Gasteiger charge is -2.30. The van der Waals surface area contributed by atoms with Gasteiger partial charge in [-0.25, -0.2) is 0 Å². The van der Waals surface area contributed by atoms with Gasteiger partial charge in [0.2, 0.25) is 18.6 Å². The highest BCUT2D eigenvalue weighted by Crippen LogP contribution is 2.48. The molecule has 2 aliphatic rings.